The number of benzene rings is 1. The molecule has 0 aliphatic carbocycles. The van der Waals surface area contributed by atoms with Gasteiger partial charge in [-0.05, 0) is 55.5 Å². The fraction of sp³-hybridized carbons (Fsp3) is 0.333. The van der Waals surface area contributed by atoms with Crippen molar-refractivity contribution in [2.45, 2.75) is 25.9 Å². The molecule has 0 saturated carbocycles. The Morgan fingerprint density at radius 1 is 1.50 bits per heavy atom. The summed E-state index contributed by atoms with van der Waals surface area (Å²) in [6, 6.07) is 8.61. The van der Waals surface area contributed by atoms with Crippen molar-refractivity contribution >= 4 is 41.3 Å². The standard InChI is InChI=1S/C12H15Br2OP.H2/c1-2-9-4-3-5-10(6-9)7-11(15-16)8-12(13)14;/h3-6,8,11H,2,7,16H2,1H3;1H/t11-;/m0./s1/i;1+2. The van der Waals surface area contributed by atoms with E-state index in [-0.39, 0.29) is 7.53 Å². The van der Waals surface area contributed by atoms with Crippen molar-refractivity contribution in [1.29, 1.82) is 0 Å². The Balaban J connectivity index is 0.00000256. The molecule has 0 bridgehead atoms. The molecule has 1 aromatic rings. The van der Waals surface area contributed by atoms with Crippen LogP contribution in [0.1, 0.15) is 19.5 Å². The van der Waals surface area contributed by atoms with Crippen molar-refractivity contribution in [3.05, 3.63) is 44.9 Å². The van der Waals surface area contributed by atoms with E-state index >= 15 is 0 Å². The van der Waals surface area contributed by atoms with E-state index < -0.39 is 0 Å². The summed E-state index contributed by atoms with van der Waals surface area (Å²) in [7, 11) is 2.32. The molecule has 4 heteroatoms. The van der Waals surface area contributed by atoms with Crippen molar-refractivity contribution in [2.24, 2.45) is 0 Å². The van der Waals surface area contributed by atoms with E-state index in [0.29, 0.717) is 0 Å². The highest BCUT2D eigenvalue weighted by molar-refractivity contribution is 9.28. The Labute approximate surface area is 118 Å². The molecule has 1 rings (SSSR count). The molecule has 0 radical (unpaired) electrons. The number of aryl methyl sites for hydroxylation is 1. The van der Waals surface area contributed by atoms with Crippen molar-refractivity contribution < 1.29 is 5.95 Å². The zero-order valence-electron chi connectivity index (χ0n) is 9.12. The zero-order chi connectivity index (χ0) is 12.0. The Morgan fingerprint density at radius 3 is 2.75 bits per heavy atom. The van der Waals surface area contributed by atoms with Crippen LogP contribution in [0.4, 0.5) is 0 Å². The van der Waals surface area contributed by atoms with Gasteiger partial charge in [0, 0.05) is 17.3 Å². The van der Waals surface area contributed by atoms with Gasteiger partial charge in [0.15, 0.2) is 0 Å². The van der Waals surface area contributed by atoms with Gasteiger partial charge in [0.1, 0.15) is 0 Å². The molecule has 90 valence electrons. The van der Waals surface area contributed by atoms with E-state index in [2.05, 4.69) is 72.5 Å². The van der Waals surface area contributed by atoms with Crippen molar-refractivity contribution in [3.63, 3.8) is 0 Å². The fourth-order valence-electron chi connectivity index (χ4n) is 1.50. The summed E-state index contributed by atoms with van der Waals surface area (Å²) in [5, 5.41) is 0. The van der Waals surface area contributed by atoms with Crippen LogP contribution in [0, 0.1) is 0 Å². The Hall–Kier alpha value is 0.310. The maximum atomic E-state index is 5.32. The Kier molecular flexibility index (Phi) is 6.83. The summed E-state index contributed by atoms with van der Waals surface area (Å²) in [6.07, 6.45) is 3.99. The van der Waals surface area contributed by atoms with Gasteiger partial charge in [0.2, 0.25) is 0 Å². The number of rotatable bonds is 5. The van der Waals surface area contributed by atoms with Gasteiger partial charge < -0.3 is 4.52 Å². The Bertz CT molecular complexity index is 367. The van der Waals surface area contributed by atoms with E-state index in [1.54, 1.807) is 0 Å². The smallest absolute Gasteiger partial charge is 0.0850 e. The second-order valence-corrected chi connectivity index (χ2v) is 6.55. The van der Waals surface area contributed by atoms with Crippen LogP contribution in [-0.4, -0.2) is 6.10 Å². The maximum Gasteiger partial charge on any atom is 0.0850 e. The predicted molar refractivity (Wildman–Crippen MR) is 82.2 cm³/mol. The number of halogens is 2. The third kappa shape index (κ3) is 5.09. The molecular formula is C12H17Br2OP. The van der Waals surface area contributed by atoms with Crippen LogP contribution < -0.4 is 0 Å². The molecule has 0 aliphatic rings. The van der Waals surface area contributed by atoms with Gasteiger partial charge in [-0.3, -0.25) is 0 Å². The lowest BCUT2D eigenvalue weighted by Gasteiger charge is -2.11. The minimum Gasteiger partial charge on any atom is -0.358 e. The lowest BCUT2D eigenvalue weighted by molar-refractivity contribution is 0.295. The first kappa shape index (κ1) is 14.4. The number of hydrogen-bond acceptors (Lipinski definition) is 1. The highest BCUT2D eigenvalue weighted by Crippen LogP contribution is 2.19. The molecule has 1 unspecified atom stereocenters. The third-order valence-electron chi connectivity index (χ3n) is 2.32. The summed E-state index contributed by atoms with van der Waals surface area (Å²) in [5.74, 6) is 0. The minimum absolute atomic E-state index is 0. The summed E-state index contributed by atoms with van der Waals surface area (Å²) in [5.41, 5.74) is 2.66. The van der Waals surface area contributed by atoms with E-state index in [0.717, 1.165) is 16.2 Å². The lowest BCUT2D eigenvalue weighted by atomic mass is 10.0. The molecule has 0 saturated heterocycles. The first-order valence-electron chi connectivity index (χ1n) is 5.12. The Morgan fingerprint density at radius 2 is 2.19 bits per heavy atom. The molecule has 1 aromatic carbocycles. The molecule has 2 atom stereocenters. The van der Waals surface area contributed by atoms with E-state index in [9.17, 15) is 0 Å². The molecule has 0 amide bonds. The lowest BCUT2D eigenvalue weighted by Crippen LogP contribution is -2.08. The summed E-state index contributed by atoms with van der Waals surface area (Å²) in [4.78, 5) is 0. The zero-order valence-corrected chi connectivity index (χ0v) is 13.4. The van der Waals surface area contributed by atoms with E-state index in [1.165, 1.54) is 11.1 Å². The van der Waals surface area contributed by atoms with E-state index in [1.807, 2.05) is 6.08 Å². The van der Waals surface area contributed by atoms with E-state index in [4.69, 9.17) is 4.52 Å². The highest BCUT2D eigenvalue weighted by atomic mass is 79.9. The predicted octanol–water partition coefficient (Wildman–Crippen LogP) is 4.84. The van der Waals surface area contributed by atoms with Crippen molar-refractivity contribution in [1.82, 2.24) is 0 Å². The molecule has 0 aliphatic heterocycles. The molecule has 0 spiro atoms. The molecule has 0 N–H and O–H groups in total. The molecular weight excluding hydrogens is 351 g/mol. The SMILES string of the molecule is CCc1cccc(C[C@@H](C=C(Br)Br)OP)c1.[3HH]. The largest absolute Gasteiger partial charge is 0.358 e. The van der Waals surface area contributed by atoms with Gasteiger partial charge in [-0.25, -0.2) is 0 Å². The second-order valence-electron chi connectivity index (χ2n) is 3.51. The van der Waals surface area contributed by atoms with Gasteiger partial charge in [-0.2, -0.15) is 0 Å². The average Bonchev–Trinajstić information content (AvgIpc) is 2.28. The van der Waals surface area contributed by atoms with Gasteiger partial charge in [0.25, 0.3) is 0 Å². The van der Waals surface area contributed by atoms with Crippen LogP contribution >= 0.6 is 41.3 Å². The fourth-order valence-corrected chi connectivity index (χ4v) is 2.26. The van der Waals surface area contributed by atoms with Crippen LogP contribution in [0.15, 0.2) is 33.7 Å². The molecule has 1 nitrogen and oxygen atoms in total. The van der Waals surface area contributed by atoms with Crippen LogP contribution in [0.5, 0.6) is 0 Å². The quantitative estimate of drug-likeness (QED) is 0.674. The van der Waals surface area contributed by atoms with Crippen LogP contribution in [-0.2, 0) is 17.4 Å². The molecule has 0 fully saturated rings. The summed E-state index contributed by atoms with van der Waals surface area (Å²) >= 11 is 6.69. The average molecular weight is 370 g/mol. The molecule has 16 heavy (non-hydrogen) atoms. The topological polar surface area (TPSA) is 9.23 Å². The van der Waals surface area contributed by atoms with Crippen molar-refractivity contribution in [3.8, 4) is 0 Å². The van der Waals surface area contributed by atoms with Crippen molar-refractivity contribution in [2.75, 3.05) is 0 Å². The van der Waals surface area contributed by atoms with Gasteiger partial charge >= 0.3 is 0 Å². The minimum atomic E-state index is 0. The van der Waals surface area contributed by atoms with Crippen LogP contribution in [0.25, 0.3) is 0 Å². The molecule has 0 aromatic heterocycles. The first-order valence-corrected chi connectivity index (χ1v) is 7.17. The normalized spacial score (nSPS) is 12.2. The van der Waals surface area contributed by atoms with Crippen LogP contribution in [0.2, 0.25) is 0 Å². The summed E-state index contributed by atoms with van der Waals surface area (Å²) in [6.45, 7) is 2.16. The first-order chi connectivity index (χ1) is 7.65. The van der Waals surface area contributed by atoms with Crippen LogP contribution in [0.3, 0.4) is 0 Å². The summed E-state index contributed by atoms with van der Waals surface area (Å²) < 4.78 is 6.23. The third-order valence-corrected chi connectivity index (χ3v) is 3.20. The second kappa shape index (κ2) is 7.60. The monoisotopic (exact) mass is 368 g/mol. The van der Waals surface area contributed by atoms with Gasteiger partial charge in [0.05, 0.1) is 9.50 Å². The number of hydrogen-bond donors (Lipinski definition) is 0. The molecule has 0 heterocycles. The van der Waals surface area contributed by atoms with Gasteiger partial charge in [-0.1, -0.05) is 31.2 Å². The maximum absolute atomic E-state index is 5.32. The van der Waals surface area contributed by atoms with Gasteiger partial charge in [-0.15, -0.1) is 0 Å². The highest BCUT2D eigenvalue weighted by Gasteiger charge is 2.06.